The molecule has 27 heavy (non-hydrogen) atoms. The highest BCUT2D eigenvalue weighted by atomic mass is 32.2. The van der Waals surface area contributed by atoms with Crippen LogP contribution in [0.3, 0.4) is 0 Å². The summed E-state index contributed by atoms with van der Waals surface area (Å²) in [4.78, 5) is -0.736. The lowest BCUT2D eigenvalue weighted by Gasteiger charge is -2.19. The fourth-order valence-electron chi connectivity index (χ4n) is 2.78. The Morgan fingerprint density at radius 2 is 1.85 bits per heavy atom. The molecule has 0 unspecified atom stereocenters. The van der Waals surface area contributed by atoms with Crippen LogP contribution < -0.4 is 5.14 Å². The summed E-state index contributed by atoms with van der Waals surface area (Å²) < 4.78 is 79.5. The fraction of sp³-hybridized carbons (Fsp3) is 0.118. The summed E-state index contributed by atoms with van der Waals surface area (Å²) in [7, 11) is -4.53. The topological polar surface area (TPSA) is 78.0 Å². The van der Waals surface area contributed by atoms with Crippen molar-refractivity contribution in [3.63, 3.8) is 0 Å². The van der Waals surface area contributed by atoms with Crippen LogP contribution in [0.15, 0.2) is 53.7 Å². The second kappa shape index (κ2) is 6.46. The van der Waals surface area contributed by atoms with Crippen molar-refractivity contribution in [1.29, 1.82) is 0 Å². The Bertz CT molecular complexity index is 1110. The third kappa shape index (κ3) is 3.71. The van der Waals surface area contributed by atoms with Gasteiger partial charge < -0.3 is 0 Å². The molecule has 3 aromatic rings. The zero-order valence-electron chi connectivity index (χ0n) is 13.8. The van der Waals surface area contributed by atoms with Crippen LogP contribution in [0, 0.1) is 12.7 Å². The predicted octanol–water partition coefficient (Wildman–Crippen LogP) is 3.65. The van der Waals surface area contributed by atoms with E-state index in [0.29, 0.717) is 5.56 Å². The molecule has 0 aliphatic carbocycles. The van der Waals surface area contributed by atoms with Gasteiger partial charge in [0.1, 0.15) is 10.7 Å². The van der Waals surface area contributed by atoms with Gasteiger partial charge in [-0.2, -0.15) is 18.3 Å². The van der Waals surface area contributed by atoms with Crippen molar-refractivity contribution in [3.05, 3.63) is 65.7 Å². The van der Waals surface area contributed by atoms with Crippen molar-refractivity contribution in [2.45, 2.75) is 18.0 Å². The molecule has 0 bridgehead atoms. The molecule has 0 aliphatic rings. The summed E-state index contributed by atoms with van der Waals surface area (Å²) in [6.07, 6.45) is -2.49. The van der Waals surface area contributed by atoms with Crippen LogP contribution in [-0.2, 0) is 16.2 Å². The number of sulfonamides is 1. The van der Waals surface area contributed by atoms with Gasteiger partial charge in [-0.3, -0.25) is 0 Å². The van der Waals surface area contributed by atoms with E-state index in [0.717, 1.165) is 28.9 Å². The first-order valence-corrected chi connectivity index (χ1v) is 9.07. The van der Waals surface area contributed by atoms with Gasteiger partial charge in [-0.15, -0.1) is 0 Å². The number of rotatable bonds is 3. The highest BCUT2D eigenvalue weighted by molar-refractivity contribution is 7.89. The maximum Gasteiger partial charge on any atom is 0.418 e. The van der Waals surface area contributed by atoms with Gasteiger partial charge in [-0.1, -0.05) is 6.07 Å². The van der Waals surface area contributed by atoms with Gasteiger partial charge in [0, 0.05) is 12.4 Å². The van der Waals surface area contributed by atoms with Gasteiger partial charge in [-0.25, -0.2) is 22.6 Å². The largest absolute Gasteiger partial charge is 0.418 e. The maximum atomic E-state index is 13.7. The molecule has 0 amide bonds. The summed E-state index contributed by atoms with van der Waals surface area (Å²) in [5.41, 5.74) is -1.39. The van der Waals surface area contributed by atoms with Crippen LogP contribution in [0.2, 0.25) is 0 Å². The highest BCUT2D eigenvalue weighted by Crippen LogP contribution is 2.40. The monoisotopic (exact) mass is 399 g/mol. The third-order valence-electron chi connectivity index (χ3n) is 3.92. The summed E-state index contributed by atoms with van der Waals surface area (Å²) in [5.74, 6) is -0.563. The highest BCUT2D eigenvalue weighted by Gasteiger charge is 2.38. The van der Waals surface area contributed by atoms with Gasteiger partial charge >= 0.3 is 6.18 Å². The molecule has 1 aromatic heterocycles. The Balaban J connectivity index is 2.43. The fourth-order valence-corrected chi connectivity index (χ4v) is 3.55. The van der Waals surface area contributed by atoms with Crippen molar-refractivity contribution in [1.82, 2.24) is 9.78 Å². The van der Waals surface area contributed by atoms with Crippen molar-refractivity contribution in [2.75, 3.05) is 0 Å². The first-order chi connectivity index (χ1) is 12.5. The number of primary sulfonamides is 1. The van der Waals surface area contributed by atoms with E-state index in [9.17, 15) is 26.0 Å². The first-order valence-electron chi connectivity index (χ1n) is 7.53. The summed E-state index contributed by atoms with van der Waals surface area (Å²) >= 11 is 0. The zero-order chi connectivity index (χ0) is 20.0. The van der Waals surface area contributed by atoms with E-state index in [2.05, 4.69) is 5.10 Å². The van der Waals surface area contributed by atoms with Gasteiger partial charge in [0.15, 0.2) is 0 Å². The molecule has 10 heteroatoms. The van der Waals surface area contributed by atoms with Crippen LogP contribution in [-0.4, -0.2) is 18.2 Å². The van der Waals surface area contributed by atoms with E-state index in [1.54, 1.807) is 0 Å². The van der Waals surface area contributed by atoms with Crippen molar-refractivity contribution in [2.24, 2.45) is 5.14 Å². The van der Waals surface area contributed by atoms with E-state index in [4.69, 9.17) is 5.14 Å². The number of nitrogens with two attached hydrogens (primary N) is 1. The second-order valence-electron chi connectivity index (χ2n) is 5.82. The quantitative estimate of drug-likeness (QED) is 0.683. The number of hydrogen-bond acceptors (Lipinski definition) is 3. The lowest BCUT2D eigenvalue weighted by Crippen LogP contribution is -2.20. The van der Waals surface area contributed by atoms with E-state index in [1.807, 2.05) is 0 Å². The molecular formula is C17H13F4N3O2S. The summed E-state index contributed by atoms with van der Waals surface area (Å²) in [6, 6.07) is 6.67. The minimum Gasteiger partial charge on any atom is -0.239 e. The Hall–Kier alpha value is -2.72. The van der Waals surface area contributed by atoms with Gasteiger partial charge in [0.05, 0.1) is 11.3 Å². The van der Waals surface area contributed by atoms with E-state index in [1.165, 1.54) is 31.5 Å². The molecule has 2 aromatic carbocycles. The average molecular weight is 399 g/mol. The minimum absolute atomic E-state index is 0.0558. The minimum atomic E-state index is -4.88. The Morgan fingerprint density at radius 1 is 1.15 bits per heavy atom. The SMILES string of the molecule is Cc1cc(F)ccc1-c1cc(C(F)(F)F)c(-n2cccn2)c(S(N)(=O)=O)c1. The molecule has 0 atom stereocenters. The molecule has 1 heterocycles. The first kappa shape index (κ1) is 19.1. The molecule has 3 rings (SSSR count). The van der Waals surface area contributed by atoms with Gasteiger partial charge in [0.2, 0.25) is 10.0 Å². The Labute approximate surface area is 152 Å². The molecule has 0 saturated heterocycles. The average Bonchev–Trinajstić information content (AvgIpc) is 3.06. The molecule has 142 valence electrons. The normalized spacial score (nSPS) is 12.4. The summed E-state index contributed by atoms with van der Waals surface area (Å²) in [6.45, 7) is 1.50. The number of aromatic nitrogens is 2. The Kier molecular flexibility index (Phi) is 4.56. The molecule has 5 nitrogen and oxygen atoms in total. The molecule has 2 N–H and O–H groups in total. The number of nitrogens with zero attached hydrogens (tertiary/aromatic N) is 2. The molecule has 0 fully saturated rings. The summed E-state index contributed by atoms with van der Waals surface area (Å²) in [5, 5.41) is 8.90. The third-order valence-corrected chi connectivity index (χ3v) is 4.84. The second-order valence-corrected chi connectivity index (χ2v) is 7.35. The standard InChI is InChI=1S/C17H13F4N3O2S/c1-10-7-12(18)3-4-13(10)11-8-14(17(19,20)21)16(24-6-2-5-23-24)15(9-11)27(22,25)26/h2-9H,1H3,(H2,22,25,26). The molecule has 0 aliphatic heterocycles. The molecule has 0 saturated carbocycles. The van der Waals surface area contributed by atoms with Gasteiger partial charge in [0.25, 0.3) is 0 Å². The lowest BCUT2D eigenvalue weighted by atomic mass is 9.97. The van der Waals surface area contributed by atoms with Crippen LogP contribution in [0.4, 0.5) is 17.6 Å². The van der Waals surface area contributed by atoms with Crippen LogP contribution in [0.1, 0.15) is 11.1 Å². The zero-order valence-corrected chi connectivity index (χ0v) is 14.6. The predicted molar refractivity (Wildman–Crippen MR) is 90.1 cm³/mol. The van der Waals surface area contributed by atoms with E-state index >= 15 is 0 Å². The smallest absolute Gasteiger partial charge is 0.239 e. The number of halogens is 4. The number of aryl methyl sites for hydroxylation is 1. The molecular weight excluding hydrogens is 386 g/mol. The maximum absolute atomic E-state index is 13.7. The van der Waals surface area contributed by atoms with E-state index < -0.39 is 38.2 Å². The van der Waals surface area contributed by atoms with Crippen molar-refractivity contribution < 1.29 is 26.0 Å². The number of benzene rings is 2. The van der Waals surface area contributed by atoms with Crippen LogP contribution in [0.5, 0.6) is 0 Å². The van der Waals surface area contributed by atoms with E-state index in [-0.39, 0.29) is 11.1 Å². The number of hydrogen-bond donors (Lipinski definition) is 1. The van der Waals surface area contributed by atoms with Crippen LogP contribution >= 0.6 is 0 Å². The van der Waals surface area contributed by atoms with Gasteiger partial charge in [-0.05, 0) is 53.9 Å². The van der Waals surface area contributed by atoms with Crippen molar-refractivity contribution >= 4 is 10.0 Å². The lowest BCUT2D eigenvalue weighted by molar-refractivity contribution is -0.137. The Morgan fingerprint density at radius 3 is 2.37 bits per heavy atom. The molecule has 0 radical (unpaired) electrons. The number of alkyl halides is 3. The molecule has 0 spiro atoms. The van der Waals surface area contributed by atoms with Crippen molar-refractivity contribution in [3.8, 4) is 16.8 Å². The van der Waals surface area contributed by atoms with Crippen LogP contribution in [0.25, 0.3) is 16.8 Å².